The highest BCUT2D eigenvalue weighted by Crippen LogP contribution is 2.23. The Morgan fingerprint density at radius 2 is 1.63 bits per heavy atom. The third-order valence-electron chi connectivity index (χ3n) is 5.26. The maximum atomic E-state index is 12.9. The summed E-state index contributed by atoms with van der Waals surface area (Å²) in [7, 11) is 1.88. The third-order valence-corrected chi connectivity index (χ3v) is 5.26. The summed E-state index contributed by atoms with van der Waals surface area (Å²) >= 11 is 0. The lowest BCUT2D eigenvalue weighted by atomic mass is 9.93. The quantitative estimate of drug-likeness (QED) is 0.560. The second-order valence-corrected chi connectivity index (χ2v) is 6.85. The number of benzene rings is 2. The number of hydrogen-bond acceptors (Lipinski definition) is 2. The lowest BCUT2D eigenvalue weighted by molar-refractivity contribution is 0.630. The number of aromatic nitrogens is 2. The van der Waals surface area contributed by atoms with Crippen LogP contribution in [0.1, 0.15) is 49.4 Å². The van der Waals surface area contributed by atoms with Gasteiger partial charge in [-0.3, -0.25) is 9.48 Å². The third kappa shape index (κ3) is 3.80. The van der Waals surface area contributed by atoms with Crippen LogP contribution in [0.2, 0.25) is 0 Å². The Kier molecular flexibility index (Phi) is 5.75. The van der Waals surface area contributed by atoms with Crippen molar-refractivity contribution in [2.45, 2.75) is 39.5 Å². The average molecular weight is 361 g/mol. The summed E-state index contributed by atoms with van der Waals surface area (Å²) < 4.78 is 3.50. The molecular formula is C23H27N3O. The van der Waals surface area contributed by atoms with Crippen molar-refractivity contribution in [3.63, 3.8) is 0 Å². The Bertz CT molecular complexity index is 975. The van der Waals surface area contributed by atoms with Crippen LogP contribution in [0.15, 0.2) is 64.4 Å². The van der Waals surface area contributed by atoms with E-state index in [9.17, 15) is 4.79 Å². The fourth-order valence-electron chi connectivity index (χ4n) is 3.46. The van der Waals surface area contributed by atoms with E-state index in [4.69, 9.17) is 0 Å². The molecule has 0 aliphatic rings. The van der Waals surface area contributed by atoms with E-state index in [0.29, 0.717) is 11.6 Å². The van der Waals surface area contributed by atoms with Crippen molar-refractivity contribution in [2.24, 2.45) is 12.0 Å². The molecule has 140 valence electrons. The van der Waals surface area contributed by atoms with Gasteiger partial charge in [-0.25, -0.2) is 9.67 Å². The molecule has 0 radical (unpaired) electrons. The minimum atomic E-state index is -0.105. The number of rotatable bonds is 6. The van der Waals surface area contributed by atoms with Crippen LogP contribution in [0.5, 0.6) is 0 Å². The molecule has 0 unspecified atom stereocenters. The second-order valence-electron chi connectivity index (χ2n) is 6.85. The lowest BCUT2D eigenvalue weighted by Crippen LogP contribution is -2.19. The molecule has 4 nitrogen and oxygen atoms in total. The first kappa shape index (κ1) is 18.9. The molecule has 4 heteroatoms. The summed E-state index contributed by atoms with van der Waals surface area (Å²) in [4.78, 5) is 17.4. The Labute approximate surface area is 160 Å². The van der Waals surface area contributed by atoms with E-state index in [1.807, 2.05) is 49.0 Å². The summed E-state index contributed by atoms with van der Waals surface area (Å²) in [5.74, 6) is 0.602. The van der Waals surface area contributed by atoms with Gasteiger partial charge in [0, 0.05) is 13.3 Å². The van der Waals surface area contributed by atoms with Gasteiger partial charge in [0.15, 0.2) is 5.69 Å². The smallest absolute Gasteiger partial charge is 0.283 e. The van der Waals surface area contributed by atoms with Crippen LogP contribution in [0.3, 0.4) is 0 Å². The lowest BCUT2D eigenvalue weighted by Gasteiger charge is -2.12. The Morgan fingerprint density at radius 1 is 1.00 bits per heavy atom. The molecule has 3 rings (SSSR count). The van der Waals surface area contributed by atoms with Gasteiger partial charge >= 0.3 is 0 Å². The van der Waals surface area contributed by atoms with Gasteiger partial charge in [-0.15, -0.1) is 0 Å². The van der Waals surface area contributed by atoms with E-state index in [1.54, 1.807) is 10.9 Å². The van der Waals surface area contributed by atoms with Crippen molar-refractivity contribution in [1.82, 2.24) is 9.36 Å². The monoisotopic (exact) mass is 361 g/mol. The summed E-state index contributed by atoms with van der Waals surface area (Å²) in [6.45, 7) is 6.36. The maximum Gasteiger partial charge on any atom is 0.297 e. The first-order valence-corrected chi connectivity index (χ1v) is 9.54. The van der Waals surface area contributed by atoms with Crippen molar-refractivity contribution in [3.05, 3.63) is 81.8 Å². The van der Waals surface area contributed by atoms with Gasteiger partial charge in [0.05, 0.1) is 11.4 Å². The normalized spacial score (nSPS) is 11.6. The van der Waals surface area contributed by atoms with E-state index >= 15 is 0 Å². The number of para-hydroxylation sites is 1. The molecule has 0 bridgehead atoms. The fraction of sp³-hybridized carbons (Fsp3) is 0.304. The highest BCUT2D eigenvalue weighted by molar-refractivity contribution is 5.82. The van der Waals surface area contributed by atoms with E-state index in [-0.39, 0.29) is 5.56 Å². The van der Waals surface area contributed by atoms with Crippen LogP contribution < -0.4 is 5.56 Å². The largest absolute Gasteiger partial charge is 0.297 e. The molecule has 0 aliphatic carbocycles. The Morgan fingerprint density at radius 3 is 2.22 bits per heavy atom. The van der Waals surface area contributed by atoms with Crippen molar-refractivity contribution < 1.29 is 0 Å². The molecule has 0 amide bonds. The number of aliphatic imine (C=N–C) groups is 1. The molecule has 0 aliphatic heterocycles. The van der Waals surface area contributed by atoms with Gasteiger partial charge in [0.2, 0.25) is 0 Å². The molecule has 0 N–H and O–H groups in total. The van der Waals surface area contributed by atoms with Gasteiger partial charge in [-0.1, -0.05) is 56.3 Å². The maximum absolute atomic E-state index is 12.9. The van der Waals surface area contributed by atoms with Crippen LogP contribution in [0.4, 0.5) is 5.69 Å². The van der Waals surface area contributed by atoms with Crippen molar-refractivity contribution in [1.29, 1.82) is 0 Å². The summed E-state index contributed by atoms with van der Waals surface area (Å²) in [5.41, 5.74) is 4.41. The SMILES string of the molecule is CCC(CC)c1ccc(C=Nc2c(C)n(C)n(-c3ccccc3)c2=O)cc1. The molecule has 2 aromatic carbocycles. The van der Waals surface area contributed by atoms with E-state index in [1.165, 1.54) is 5.56 Å². The van der Waals surface area contributed by atoms with Crippen molar-refractivity contribution in [2.75, 3.05) is 0 Å². The fourth-order valence-corrected chi connectivity index (χ4v) is 3.46. The van der Waals surface area contributed by atoms with E-state index in [2.05, 4.69) is 43.1 Å². The number of hydrogen-bond donors (Lipinski definition) is 0. The Hall–Kier alpha value is -2.88. The van der Waals surface area contributed by atoms with Gasteiger partial charge in [0.1, 0.15) is 0 Å². The zero-order chi connectivity index (χ0) is 19.4. The first-order chi connectivity index (χ1) is 13.1. The second kappa shape index (κ2) is 8.21. The molecule has 1 heterocycles. The molecule has 27 heavy (non-hydrogen) atoms. The average Bonchev–Trinajstić information content (AvgIpc) is 2.91. The Balaban J connectivity index is 1.91. The molecule has 0 saturated carbocycles. The molecule has 0 spiro atoms. The van der Waals surface area contributed by atoms with Gasteiger partial charge in [0.25, 0.3) is 5.56 Å². The van der Waals surface area contributed by atoms with Gasteiger partial charge < -0.3 is 0 Å². The molecule has 3 aromatic rings. The molecule has 0 atom stereocenters. The minimum absolute atomic E-state index is 0.105. The predicted octanol–water partition coefficient (Wildman–Crippen LogP) is 5.14. The minimum Gasteiger partial charge on any atom is -0.283 e. The van der Waals surface area contributed by atoms with Crippen molar-refractivity contribution >= 4 is 11.9 Å². The topological polar surface area (TPSA) is 39.3 Å². The van der Waals surface area contributed by atoms with Gasteiger partial charge in [-0.2, -0.15) is 0 Å². The van der Waals surface area contributed by atoms with E-state index in [0.717, 1.165) is 29.8 Å². The van der Waals surface area contributed by atoms with Crippen LogP contribution >= 0.6 is 0 Å². The molecular weight excluding hydrogens is 334 g/mol. The number of nitrogens with zero attached hydrogens (tertiary/aromatic N) is 3. The standard InChI is InChI=1S/C23H27N3O/c1-5-19(6-2)20-14-12-18(13-15-20)16-24-22-17(3)25(4)26(23(22)27)21-10-8-7-9-11-21/h7-16,19H,5-6H2,1-4H3. The molecule has 0 fully saturated rings. The van der Waals surface area contributed by atoms with Crippen LogP contribution in [-0.2, 0) is 7.05 Å². The van der Waals surface area contributed by atoms with E-state index < -0.39 is 0 Å². The highest BCUT2D eigenvalue weighted by Gasteiger charge is 2.15. The summed E-state index contributed by atoms with van der Waals surface area (Å²) in [5, 5.41) is 0. The zero-order valence-corrected chi connectivity index (χ0v) is 16.5. The summed E-state index contributed by atoms with van der Waals surface area (Å²) in [6, 6.07) is 18.1. The molecule has 1 aromatic heterocycles. The van der Waals surface area contributed by atoms with Crippen LogP contribution in [0.25, 0.3) is 5.69 Å². The first-order valence-electron chi connectivity index (χ1n) is 9.54. The molecule has 0 saturated heterocycles. The summed E-state index contributed by atoms with van der Waals surface area (Å²) in [6.07, 6.45) is 4.06. The highest BCUT2D eigenvalue weighted by atomic mass is 16.1. The van der Waals surface area contributed by atoms with Crippen LogP contribution in [0, 0.1) is 6.92 Å². The van der Waals surface area contributed by atoms with Crippen LogP contribution in [-0.4, -0.2) is 15.6 Å². The zero-order valence-electron chi connectivity index (χ0n) is 16.5. The van der Waals surface area contributed by atoms with Crippen molar-refractivity contribution in [3.8, 4) is 5.69 Å². The van der Waals surface area contributed by atoms with Gasteiger partial charge in [-0.05, 0) is 48.9 Å². The predicted molar refractivity (Wildman–Crippen MR) is 113 cm³/mol.